The van der Waals surface area contributed by atoms with Crippen LogP contribution in [0.3, 0.4) is 0 Å². The lowest BCUT2D eigenvalue weighted by Crippen LogP contribution is -2.24. The summed E-state index contributed by atoms with van der Waals surface area (Å²) in [6.07, 6.45) is 0. The van der Waals surface area contributed by atoms with Gasteiger partial charge in [0.1, 0.15) is 29.2 Å². The third-order valence-corrected chi connectivity index (χ3v) is 6.74. The van der Waals surface area contributed by atoms with E-state index >= 15 is 0 Å². The molecule has 8 nitrogen and oxygen atoms in total. The smallest absolute Gasteiger partial charge is 0.283 e. The molecule has 1 aromatic heterocycles. The molecule has 0 saturated heterocycles. The number of aromatic amines is 1. The van der Waals surface area contributed by atoms with Crippen LogP contribution < -0.4 is 5.73 Å². The monoisotopic (exact) mass is 530 g/mol. The summed E-state index contributed by atoms with van der Waals surface area (Å²) in [5.41, 5.74) is 5.84. The van der Waals surface area contributed by atoms with Crippen molar-refractivity contribution in [2.75, 3.05) is 5.88 Å². The molecule has 0 bridgehead atoms. The van der Waals surface area contributed by atoms with Crippen LogP contribution in [0.15, 0.2) is 76.0 Å². The number of nitrogens with two attached hydrogens (primary N) is 1. The summed E-state index contributed by atoms with van der Waals surface area (Å²) in [4.78, 5) is 33.9. The molecular weight excluding hydrogens is 514 g/mol. The molecule has 0 fully saturated rings. The maximum Gasteiger partial charge on any atom is 0.283 e. The van der Waals surface area contributed by atoms with E-state index in [1.165, 1.54) is 18.2 Å². The number of benzene rings is 3. The SMILES string of the molecule is NC(CCl)=NS(=O)(=O)c1cccc(C(=O)C(C(=O)c2cc(F)cc(F)c2)c2nc3ccccc3[nH]2)c1. The van der Waals surface area contributed by atoms with Gasteiger partial charge in [0, 0.05) is 17.2 Å². The van der Waals surface area contributed by atoms with Crippen LogP contribution in [0.5, 0.6) is 0 Å². The molecule has 0 aliphatic heterocycles. The Morgan fingerprint density at radius 3 is 2.31 bits per heavy atom. The van der Waals surface area contributed by atoms with Gasteiger partial charge >= 0.3 is 0 Å². The van der Waals surface area contributed by atoms with E-state index in [2.05, 4.69) is 14.4 Å². The number of carbonyl (C=O) groups is 2. The predicted molar refractivity (Wildman–Crippen MR) is 130 cm³/mol. The van der Waals surface area contributed by atoms with E-state index in [4.69, 9.17) is 17.3 Å². The summed E-state index contributed by atoms with van der Waals surface area (Å²) >= 11 is 5.51. The van der Waals surface area contributed by atoms with E-state index < -0.39 is 44.7 Å². The first-order chi connectivity index (χ1) is 17.1. The van der Waals surface area contributed by atoms with Gasteiger partial charge in [-0.3, -0.25) is 9.59 Å². The molecule has 0 aliphatic carbocycles. The van der Waals surface area contributed by atoms with Crippen LogP contribution in [0.25, 0.3) is 11.0 Å². The Morgan fingerprint density at radius 1 is 0.972 bits per heavy atom. The molecule has 4 rings (SSSR count). The van der Waals surface area contributed by atoms with Gasteiger partial charge in [-0.05, 0) is 36.4 Å². The van der Waals surface area contributed by atoms with E-state index in [1.54, 1.807) is 24.3 Å². The highest BCUT2D eigenvalue weighted by molar-refractivity contribution is 7.90. The number of aromatic nitrogens is 2. The van der Waals surface area contributed by atoms with Crippen molar-refractivity contribution >= 4 is 50.1 Å². The van der Waals surface area contributed by atoms with Gasteiger partial charge in [-0.2, -0.15) is 8.42 Å². The van der Waals surface area contributed by atoms with Crippen LogP contribution in [-0.4, -0.2) is 41.7 Å². The molecule has 0 radical (unpaired) electrons. The summed E-state index contributed by atoms with van der Waals surface area (Å²) in [7, 11) is -4.30. The molecule has 1 heterocycles. The molecule has 3 N–H and O–H groups in total. The second-order valence-corrected chi connectivity index (χ2v) is 9.55. The summed E-state index contributed by atoms with van der Waals surface area (Å²) in [5, 5.41) is 0. The molecule has 12 heteroatoms. The molecule has 4 aromatic rings. The fourth-order valence-corrected chi connectivity index (χ4v) is 4.68. The van der Waals surface area contributed by atoms with Crippen molar-refractivity contribution in [1.82, 2.24) is 9.97 Å². The normalized spacial score (nSPS) is 13.0. The Balaban J connectivity index is 1.84. The van der Waals surface area contributed by atoms with Crippen molar-refractivity contribution in [2.24, 2.45) is 10.1 Å². The van der Waals surface area contributed by atoms with Gasteiger partial charge in [0.15, 0.2) is 11.6 Å². The van der Waals surface area contributed by atoms with Crippen molar-refractivity contribution < 1.29 is 26.8 Å². The number of sulfonamides is 1. The largest absolute Gasteiger partial charge is 0.385 e. The average molecular weight is 531 g/mol. The van der Waals surface area contributed by atoms with Crippen LogP contribution in [0.4, 0.5) is 8.78 Å². The molecule has 0 amide bonds. The molecule has 0 saturated carbocycles. The van der Waals surface area contributed by atoms with E-state index in [1.807, 2.05) is 0 Å². The first-order valence-corrected chi connectivity index (χ1v) is 12.3. The number of fused-ring (bicyclic) bond motifs is 1. The van der Waals surface area contributed by atoms with E-state index in [-0.39, 0.29) is 28.0 Å². The first-order valence-electron chi connectivity index (χ1n) is 10.3. The first kappa shape index (κ1) is 25.1. The zero-order chi connectivity index (χ0) is 26.0. The van der Waals surface area contributed by atoms with Crippen molar-refractivity contribution in [1.29, 1.82) is 0 Å². The lowest BCUT2D eigenvalue weighted by Gasteiger charge is -2.14. The number of imidazole rings is 1. The minimum atomic E-state index is -4.30. The van der Waals surface area contributed by atoms with Crippen LogP contribution in [0.2, 0.25) is 0 Å². The Bertz CT molecular complexity index is 1580. The highest BCUT2D eigenvalue weighted by atomic mass is 35.5. The number of amidine groups is 1. The summed E-state index contributed by atoms with van der Waals surface area (Å²) in [5.74, 6) is -6.21. The fraction of sp³-hybridized carbons (Fsp3) is 0.0833. The number of H-pyrrole nitrogens is 1. The quantitative estimate of drug-likeness (QED) is 0.116. The molecule has 0 spiro atoms. The number of Topliss-reactive ketones (excluding diaryl/α,β-unsaturated/α-hetero) is 2. The predicted octanol–water partition coefficient (Wildman–Crippen LogP) is 3.98. The third-order valence-electron chi connectivity index (χ3n) is 5.14. The minimum Gasteiger partial charge on any atom is -0.385 e. The van der Waals surface area contributed by atoms with Crippen LogP contribution >= 0.6 is 11.6 Å². The van der Waals surface area contributed by atoms with Crippen molar-refractivity contribution in [3.8, 4) is 0 Å². The molecule has 0 aliphatic rings. The number of carbonyl (C=O) groups excluding carboxylic acids is 2. The fourth-order valence-electron chi connectivity index (χ4n) is 3.55. The van der Waals surface area contributed by atoms with E-state index in [9.17, 15) is 26.8 Å². The van der Waals surface area contributed by atoms with Crippen LogP contribution in [0.1, 0.15) is 32.5 Å². The summed E-state index contributed by atoms with van der Waals surface area (Å²) < 4.78 is 56.2. The number of halogens is 3. The minimum absolute atomic E-state index is 0.0754. The molecule has 3 aromatic carbocycles. The maximum atomic E-state index is 13.9. The molecule has 1 atom stereocenters. The highest BCUT2D eigenvalue weighted by Gasteiger charge is 2.34. The highest BCUT2D eigenvalue weighted by Crippen LogP contribution is 2.28. The van der Waals surface area contributed by atoms with Gasteiger partial charge in [0.2, 0.25) is 0 Å². The number of ketones is 2. The van der Waals surface area contributed by atoms with E-state index in [0.717, 1.165) is 18.2 Å². The number of para-hydroxylation sites is 2. The molecule has 1 unspecified atom stereocenters. The molecular formula is C24H17ClF2N4O4S. The number of nitrogens with zero attached hydrogens (tertiary/aromatic N) is 2. The Labute approximate surface area is 208 Å². The Morgan fingerprint density at radius 2 is 1.64 bits per heavy atom. The number of nitrogens with one attached hydrogen (secondary N) is 1. The number of hydrogen-bond acceptors (Lipinski definition) is 5. The summed E-state index contributed by atoms with van der Waals surface area (Å²) in [6.45, 7) is 0. The van der Waals surface area contributed by atoms with Gasteiger partial charge in [-0.25, -0.2) is 13.8 Å². The Kier molecular flexibility index (Phi) is 6.95. The van der Waals surface area contributed by atoms with Gasteiger partial charge < -0.3 is 10.7 Å². The number of rotatable bonds is 8. The maximum absolute atomic E-state index is 13.9. The topological polar surface area (TPSA) is 135 Å². The number of alkyl halides is 1. The van der Waals surface area contributed by atoms with Crippen molar-refractivity contribution in [3.63, 3.8) is 0 Å². The second kappa shape index (κ2) is 9.96. The lowest BCUT2D eigenvalue weighted by molar-refractivity contribution is 0.0855. The molecule has 184 valence electrons. The third kappa shape index (κ3) is 5.16. The van der Waals surface area contributed by atoms with Gasteiger partial charge in [0.25, 0.3) is 10.0 Å². The van der Waals surface area contributed by atoms with Crippen LogP contribution in [0, 0.1) is 11.6 Å². The van der Waals surface area contributed by atoms with Gasteiger partial charge in [-0.1, -0.05) is 24.3 Å². The average Bonchev–Trinajstić information content (AvgIpc) is 3.26. The standard InChI is InChI=1S/C24H17ClF2N4O4S/c25-12-20(28)31-36(34,35)17-5-3-4-13(10-17)22(32)21(23(33)14-8-15(26)11-16(27)9-14)24-29-18-6-1-2-7-19(18)30-24/h1-11,21H,12H2,(H2,28,31)(H,29,30). The zero-order valence-corrected chi connectivity index (χ0v) is 19.9. The van der Waals surface area contributed by atoms with Gasteiger partial charge in [-0.15, -0.1) is 16.0 Å². The van der Waals surface area contributed by atoms with Crippen molar-refractivity contribution in [3.05, 3.63) is 95.3 Å². The van der Waals surface area contributed by atoms with Gasteiger partial charge in [0.05, 0.1) is 21.8 Å². The lowest BCUT2D eigenvalue weighted by atomic mass is 9.89. The zero-order valence-electron chi connectivity index (χ0n) is 18.3. The summed E-state index contributed by atoms with van der Waals surface area (Å²) in [6, 6.07) is 13.7. The number of hydrogen-bond donors (Lipinski definition) is 2. The van der Waals surface area contributed by atoms with E-state index in [0.29, 0.717) is 17.1 Å². The van der Waals surface area contributed by atoms with Crippen molar-refractivity contribution in [2.45, 2.75) is 10.8 Å². The van der Waals surface area contributed by atoms with Crippen LogP contribution in [-0.2, 0) is 10.0 Å². The Hall–Kier alpha value is -3.96. The molecule has 36 heavy (non-hydrogen) atoms. The second-order valence-electron chi connectivity index (χ2n) is 7.68.